The molecule has 1 heterocycles. The lowest BCUT2D eigenvalue weighted by Crippen LogP contribution is -2.09. The van der Waals surface area contributed by atoms with Gasteiger partial charge in [-0.3, -0.25) is 4.79 Å². The van der Waals surface area contributed by atoms with Crippen molar-refractivity contribution < 1.29 is 4.79 Å². The summed E-state index contributed by atoms with van der Waals surface area (Å²) in [6.45, 7) is 0. The summed E-state index contributed by atoms with van der Waals surface area (Å²) in [5.41, 5.74) is 2.25. The number of halogens is 1. The number of benzene rings is 2. The second-order valence-electron chi connectivity index (χ2n) is 4.64. The normalized spacial score (nSPS) is 10.8. The molecule has 23 heavy (non-hydrogen) atoms. The average Bonchev–Trinajstić information content (AvgIpc) is 3.02. The topological polar surface area (TPSA) is 53.8 Å². The number of amides is 1. The molecule has 1 aromatic heterocycles. The van der Waals surface area contributed by atoms with Crippen molar-refractivity contribution in [1.29, 1.82) is 0 Å². The zero-order valence-electron chi connectivity index (χ0n) is 11.9. The van der Waals surface area contributed by atoms with Crippen LogP contribution in [0.4, 0.5) is 17.1 Å². The zero-order chi connectivity index (χ0) is 16.1. The summed E-state index contributed by atoms with van der Waals surface area (Å²) < 4.78 is 0.930. The number of rotatable bonds is 4. The minimum Gasteiger partial charge on any atom is -0.321 e. The van der Waals surface area contributed by atoms with Gasteiger partial charge in [0.05, 0.1) is 20.0 Å². The number of carbonyl (C=O) groups excluding carboxylic acids is 1. The van der Waals surface area contributed by atoms with Gasteiger partial charge in [0.2, 0.25) is 0 Å². The first kappa shape index (κ1) is 15.6. The molecule has 0 saturated heterocycles. The third kappa shape index (κ3) is 4.34. The van der Waals surface area contributed by atoms with Crippen LogP contribution in [0.1, 0.15) is 9.67 Å². The Morgan fingerprint density at radius 1 is 0.870 bits per heavy atom. The fourth-order valence-electron chi connectivity index (χ4n) is 1.85. The maximum Gasteiger partial charge on any atom is 0.265 e. The highest BCUT2D eigenvalue weighted by Gasteiger charge is 2.08. The van der Waals surface area contributed by atoms with E-state index in [1.54, 1.807) is 18.2 Å². The fourth-order valence-corrected chi connectivity index (χ4v) is 3.13. The minimum atomic E-state index is -0.126. The van der Waals surface area contributed by atoms with Crippen molar-refractivity contribution in [3.05, 3.63) is 75.4 Å². The van der Waals surface area contributed by atoms with Crippen molar-refractivity contribution in [2.24, 2.45) is 10.2 Å². The van der Waals surface area contributed by atoms with Gasteiger partial charge >= 0.3 is 0 Å². The zero-order valence-corrected chi connectivity index (χ0v) is 14.3. The number of hydrogen-bond acceptors (Lipinski definition) is 4. The molecule has 0 saturated carbocycles. The van der Waals surface area contributed by atoms with Crippen LogP contribution in [0.5, 0.6) is 0 Å². The van der Waals surface area contributed by atoms with Gasteiger partial charge in [0.25, 0.3) is 5.91 Å². The Hall–Kier alpha value is -2.31. The number of thiophene rings is 1. The second kappa shape index (κ2) is 7.30. The monoisotopic (exact) mass is 385 g/mol. The van der Waals surface area contributed by atoms with Gasteiger partial charge in [-0.2, -0.15) is 10.2 Å². The molecule has 114 valence electrons. The molecular weight excluding hydrogens is 374 g/mol. The number of azo groups is 1. The summed E-state index contributed by atoms with van der Waals surface area (Å²) in [5, 5.41) is 11.2. The third-order valence-corrected chi connectivity index (χ3v) is 4.58. The Morgan fingerprint density at radius 2 is 1.52 bits per heavy atom. The summed E-state index contributed by atoms with van der Waals surface area (Å²) in [5.74, 6) is -0.126. The predicted octanol–water partition coefficient (Wildman–Crippen LogP) is 6.18. The lowest BCUT2D eigenvalue weighted by molar-refractivity contribution is 0.103. The molecule has 3 rings (SSSR count). The van der Waals surface area contributed by atoms with E-state index in [4.69, 9.17) is 0 Å². The Balaban J connectivity index is 1.65. The molecule has 0 bridgehead atoms. The third-order valence-electron chi connectivity index (χ3n) is 2.96. The van der Waals surface area contributed by atoms with Crippen molar-refractivity contribution in [3.8, 4) is 0 Å². The number of hydrogen-bond donors (Lipinski definition) is 1. The molecule has 0 atom stereocenters. The van der Waals surface area contributed by atoms with E-state index < -0.39 is 0 Å². The lowest BCUT2D eigenvalue weighted by Gasteiger charge is -2.03. The molecule has 0 aliphatic rings. The molecule has 0 aliphatic carbocycles. The standard InChI is InChI=1S/C17H12BrN3OS/c18-16-11-10-15(23-16)17(22)19-12-6-8-14(9-7-12)21-20-13-4-2-1-3-5-13/h1-11H,(H,19,22). The minimum absolute atomic E-state index is 0.126. The summed E-state index contributed by atoms with van der Waals surface area (Å²) in [4.78, 5) is 12.7. The maximum absolute atomic E-state index is 12.1. The first-order valence-electron chi connectivity index (χ1n) is 6.84. The highest BCUT2D eigenvalue weighted by Crippen LogP contribution is 2.24. The Kier molecular flexibility index (Phi) is 4.95. The predicted molar refractivity (Wildman–Crippen MR) is 97.0 cm³/mol. The van der Waals surface area contributed by atoms with Gasteiger partial charge in [-0.25, -0.2) is 0 Å². The van der Waals surface area contributed by atoms with Gasteiger partial charge in [0.15, 0.2) is 0 Å². The second-order valence-corrected chi connectivity index (χ2v) is 7.10. The Labute approximate surface area is 146 Å². The van der Waals surface area contributed by atoms with E-state index in [-0.39, 0.29) is 5.91 Å². The number of nitrogens with one attached hydrogen (secondary N) is 1. The van der Waals surface area contributed by atoms with Crippen LogP contribution in [0.2, 0.25) is 0 Å². The molecule has 3 aromatic rings. The van der Waals surface area contributed by atoms with Gasteiger partial charge < -0.3 is 5.32 Å². The quantitative estimate of drug-likeness (QED) is 0.535. The number of anilines is 1. The first-order chi connectivity index (χ1) is 11.2. The highest BCUT2D eigenvalue weighted by molar-refractivity contribution is 9.11. The van der Waals surface area contributed by atoms with E-state index in [2.05, 4.69) is 31.5 Å². The van der Waals surface area contributed by atoms with Crippen molar-refractivity contribution >= 4 is 50.2 Å². The highest BCUT2D eigenvalue weighted by atomic mass is 79.9. The fraction of sp³-hybridized carbons (Fsp3) is 0. The smallest absolute Gasteiger partial charge is 0.265 e. The molecule has 1 N–H and O–H groups in total. The first-order valence-corrected chi connectivity index (χ1v) is 8.45. The Morgan fingerprint density at radius 3 is 2.13 bits per heavy atom. The molecule has 0 spiro atoms. The molecule has 1 amide bonds. The molecule has 4 nitrogen and oxygen atoms in total. The van der Waals surface area contributed by atoms with E-state index >= 15 is 0 Å². The Bertz CT molecular complexity index is 829. The van der Waals surface area contributed by atoms with Crippen molar-refractivity contribution in [3.63, 3.8) is 0 Å². The van der Waals surface area contributed by atoms with Gasteiger partial charge in [-0.1, -0.05) is 18.2 Å². The lowest BCUT2D eigenvalue weighted by atomic mass is 10.3. The van der Waals surface area contributed by atoms with Crippen LogP contribution in [0.15, 0.2) is 80.7 Å². The summed E-state index contributed by atoms with van der Waals surface area (Å²) in [6, 6.07) is 20.4. The van der Waals surface area contributed by atoms with E-state index in [1.807, 2.05) is 48.5 Å². The molecule has 6 heteroatoms. The van der Waals surface area contributed by atoms with Gasteiger partial charge in [0, 0.05) is 5.69 Å². The molecular formula is C17H12BrN3OS. The molecule has 0 aliphatic heterocycles. The van der Waals surface area contributed by atoms with E-state index in [9.17, 15) is 4.79 Å². The largest absolute Gasteiger partial charge is 0.321 e. The van der Waals surface area contributed by atoms with E-state index in [1.165, 1.54) is 11.3 Å². The van der Waals surface area contributed by atoms with Crippen LogP contribution >= 0.6 is 27.3 Å². The van der Waals surface area contributed by atoms with Crippen LogP contribution in [-0.2, 0) is 0 Å². The maximum atomic E-state index is 12.1. The van der Waals surface area contributed by atoms with Crippen molar-refractivity contribution in [1.82, 2.24) is 0 Å². The van der Waals surface area contributed by atoms with Crippen molar-refractivity contribution in [2.45, 2.75) is 0 Å². The van der Waals surface area contributed by atoms with Crippen LogP contribution in [0.3, 0.4) is 0 Å². The number of nitrogens with zero attached hydrogens (tertiary/aromatic N) is 2. The average molecular weight is 386 g/mol. The molecule has 0 radical (unpaired) electrons. The van der Waals surface area contributed by atoms with Gasteiger partial charge in [-0.05, 0) is 64.5 Å². The molecule has 2 aromatic carbocycles. The van der Waals surface area contributed by atoms with Crippen LogP contribution in [0, 0.1) is 0 Å². The molecule has 0 unspecified atom stereocenters. The van der Waals surface area contributed by atoms with Gasteiger partial charge in [0.1, 0.15) is 0 Å². The number of carbonyl (C=O) groups is 1. The van der Waals surface area contributed by atoms with E-state index in [0.29, 0.717) is 4.88 Å². The van der Waals surface area contributed by atoms with E-state index in [0.717, 1.165) is 20.8 Å². The molecule has 0 fully saturated rings. The van der Waals surface area contributed by atoms with Crippen LogP contribution < -0.4 is 5.32 Å². The van der Waals surface area contributed by atoms with Crippen LogP contribution in [0.25, 0.3) is 0 Å². The van der Waals surface area contributed by atoms with Crippen molar-refractivity contribution in [2.75, 3.05) is 5.32 Å². The summed E-state index contributed by atoms with van der Waals surface area (Å²) >= 11 is 4.74. The summed E-state index contributed by atoms with van der Waals surface area (Å²) in [7, 11) is 0. The summed E-state index contributed by atoms with van der Waals surface area (Å²) in [6.07, 6.45) is 0. The van der Waals surface area contributed by atoms with Crippen LogP contribution in [-0.4, -0.2) is 5.91 Å². The SMILES string of the molecule is O=C(Nc1ccc(N=Nc2ccccc2)cc1)c1ccc(Br)s1. The van der Waals surface area contributed by atoms with Gasteiger partial charge in [-0.15, -0.1) is 11.3 Å².